The van der Waals surface area contributed by atoms with Gasteiger partial charge in [-0.1, -0.05) is 6.07 Å². The highest BCUT2D eigenvalue weighted by molar-refractivity contribution is 7.18. The number of nitrogens with zero attached hydrogens (tertiary/aromatic N) is 5. The quantitative estimate of drug-likeness (QED) is 0.284. The second-order valence-electron chi connectivity index (χ2n) is 10.2. The molecule has 2 atom stereocenters. The number of amides is 1. The van der Waals surface area contributed by atoms with Crippen molar-refractivity contribution in [1.82, 2.24) is 25.3 Å². The number of pyridine rings is 1. The van der Waals surface area contributed by atoms with E-state index in [4.69, 9.17) is 0 Å². The van der Waals surface area contributed by atoms with Crippen LogP contribution in [0.4, 0.5) is 19.0 Å². The number of hydrogen-bond donors (Lipinski definition) is 2. The van der Waals surface area contributed by atoms with E-state index in [1.165, 1.54) is 12.4 Å². The van der Waals surface area contributed by atoms with Gasteiger partial charge >= 0.3 is 6.18 Å². The van der Waals surface area contributed by atoms with E-state index in [0.717, 1.165) is 39.1 Å². The molecule has 1 amide bonds. The van der Waals surface area contributed by atoms with Crippen molar-refractivity contribution in [2.24, 2.45) is 0 Å². The number of aromatic amines is 1. The maximum atomic E-state index is 13.6. The van der Waals surface area contributed by atoms with Crippen LogP contribution in [0.15, 0.2) is 48.9 Å². The third-order valence-corrected chi connectivity index (χ3v) is 8.51. The van der Waals surface area contributed by atoms with E-state index in [0.29, 0.717) is 40.4 Å². The molecule has 0 bridgehead atoms. The minimum absolute atomic E-state index is 0.146. The Morgan fingerprint density at radius 3 is 2.71 bits per heavy atom. The van der Waals surface area contributed by atoms with E-state index in [9.17, 15) is 23.2 Å². The monoisotopic (exact) mass is 575 g/mol. The number of carbonyl (C=O) groups excluding carboxylic acids is 1. The second kappa shape index (κ2) is 10.2. The Morgan fingerprint density at radius 1 is 1.15 bits per heavy atom. The number of nitriles is 1. The molecule has 0 aliphatic carbocycles. The largest absolute Gasteiger partial charge is 0.393 e. The number of benzene rings is 1. The molecule has 2 N–H and O–H groups in total. The van der Waals surface area contributed by atoms with Gasteiger partial charge in [0.2, 0.25) is 0 Å². The molecule has 1 fully saturated rings. The third kappa shape index (κ3) is 5.20. The van der Waals surface area contributed by atoms with Gasteiger partial charge in [0.15, 0.2) is 0 Å². The lowest BCUT2D eigenvalue weighted by Gasteiger charge is -2.20. The summed E-state index contributed by atoms with van der Waals surface area (Å²) in [6.45, 7) is 4.62. The van der Waals surface area contributed by atoms with Gasteiger partial charge < -0.3 is 15.2 Å². The smallest absolute Gasteiger partial charge is 0.353 e. The molecule has 208 valence electrons. The molecule has 5 heterocycles. The summed E-state index contributed by atoms with van der Waals surface area (Å²) in [6.07, 6.45) is -2.18. The molecule has 6 rings (SSSR count). The van der Waals surface area contributed by atoms with Crippen LogP contribution >= 0.6 is 11.3 Å². The summed E-state index contributed by atoms with van der Waals surface area (Å²) in [6, 6.07) is 12.4. The van der Waals surface area contributed by atoms with Crippen LogP contribution in [-0.2, 0) is 6.42 Å². The van der Waals surface area contributed by atoms with Crippen molar-refractivity contribution in [3.05, 3.63) is 81.9 Å². The van der Waals surface area contributed by atoms with Crippen LogP contribution in [0.2, 0.25) is 0 Å². The van der Waals surface area contributed by atoms with Crippen LogP contribution in [0.5, 0.6) is 0 Å². The number of halogens is 3. The van der Waals surface area contributed by atoms with Gasteiger partial charge in [0, 0.05) is 52.2 Å². The molecule has 2 unspecified atom stereocenters. The lowest BCUT2D eigenvalue weighted by atomic mass is 9.95. The molecule has 8 nitrogen and oxygen atoms in total. The number of alkyl halides is 3. The number of carbonyl (C=O) groups is 1. The first kappa shape index (κ1) is 26.7. The summed E-state index contributed by atoms with van der Waals surface area (Å²) < 4.78 is 39.3. The maximum absolute atomic E-state index is 13.6. The van der Waals surface area contributed by atoms with E-state index in [-0.39, 0.29) is 22.7 Å². The van der Waals surface area contributed by atoms with Gasteiger partial charge in [-0.25, -0.2) is 9.97 Å². The number of aromatic nitrogens is 4. The highest BCUT2D eigenvalue weighted by atomic mass is 32.1. The molecule has 41 heavy (non-hydrogen) atoms. The number of nitrogens with one attached hydrogen (secondary N) is 2. The van der Waals surface area contributed by atoms with Crippen molar-refractivity contribution >= 4 is 44.2 Å². The summed E-state index contributed by atoms with van der Waals surface area (Å²) in [5.41, 5.74) is 4.26. The molecule has 1 aromatic carbocycles. The Hall–Kier alpha value is -4.50. The van der Waals surface area contributed by atoms with Crippen molar-refractivity contribution in [3.8, 4) is 6.07 Å². The highest BCUT2D eigenvalue weighted by Crippen LogP contribution is 2.37. The van der Waals surface area contributed by atoms with Gasteiger partial charge in [-0.15, -0.1) is 11.3 Å². The van der Waals surface area contributed by atoms with E-state index in [1.807, 2.05) is 30.9 Å². The third-order valence-electron chi connectivity index (χ3n) is 7.47. The van der Waals surface area contributed by atoms with Crippen LogP contribution in [0, 0.1) is 25.2 Å². The van der Waals surface area contributed by atoms with Gasteiger partial charge in [0.1, 0.15) is 28.7 Å². The summed E-state index contributed by atoms with van der Waals surface area (Å²) in [7, 11) is 0. The number of fused-ring (bicyclic) bond motifs is 2. The molecule has 5 aromatic rings. The topological polar surface area (TPSA) is 111 Å². The predicted octanol–water partition coefficient (Wildman–Crippen LogP) is 5.56. The normalized spacial score (nSPS) is 17.3. The fourth-order valence-corrected chi connectivity index (χ4v) is 6.51. The number of H-pyrrole nitrogens is 1. The van der Waals surface area contributed by atoms with E-state index >= 15 is 0 Å². The fraction of sp³-hybridized carbons (Fsp3) is 0.276. The molecule has 4 aromatic heterocycles. The minimum atomic E-state index is -4.32. The number of hydrogen-bond acceptors (Lipinski definition) is 7. The zero-order valence-corrected chi connectivity index (χ0v) is 22.9. The van der Waals surface area contributed by atoms with Crippen LogP contribution in [-0.4, -0.2) is 51.2 Å². The first-order valence-electron chi connectivity index (χ1n) is 12.9. The Labute approximate surface area is 236 Å². The lowest BCUT2D eigenvalue weighted by Crippen LogP contribution is -2.40. The molecular weight excluding hydrogens is 551 g/mol. The zero-order chi connectivity index (χ0) is 28.9. The van der Waals surface area contributed by atoms with Crippen LogP contribution < -0.4 is 10.2 Å². The summed E-state index contributed by atoms with van der Waals surface area (Å²) in [5, 5.41) is 13.8. The standard InChI is InChI=1S/C29H24F3N7OS/c1-15-3-4-17(11-34-15)23-12-39(26-22-8-19(9-29(30,31)32)41-28(22)36-14-35-26)13-25(23)38-27(40)20-5-6-24-21(16(20)2)7-18(10-33)37-24/h3-8,11,14,23,25,37H,9,12-13H2,1-2H3,(H,38,40). The molecule has 12 heteroatoms. The van der Waals surface area contributed by atoms with Crippen molar-refractivity contribution in [1.29, 1.82) is 5.26 Å². The van der Waals surface area contributed by atoms with E-state index < -0.39 is 12.6 Å². The van der Waals surface area contributed by atoms with Crippen molar-refractivity contribution in [2.45, 2.75) is 38.4 Å². The van der Waals surface area contributed by atoms with Gasteiger partial charge in [0.05, 0.1) is 17.8 Å². The Bertz CT molecular complexity index is 1820. The van der Waals surface area contributed by atoms with Crippen molar-refractivity contribution < 1.29 is 18.0 Å². The van der Waals surface area contributed by atoms with Crippen molar-refractivity contribution in [3.63, 3.8) is 0 Å². The van der Waals surface area contributed by atoms with Gasteiger partial charge in [0.25, 0.3) is 5.91 Å². The van der Waals surface area contributed by atoms with E-state index in [1.54, 1.807) is 24.4 Å². The Morgan fingerprint density at radius 2 is 1.98 bits per heavy atom. The van der Waals surface area contributed by atoms with Gasteiger partial charge in [-0.2, -0.15) is 18.4 Å². The predicted molar refractivity (Wildman–Crippen MR) is 150 cm³/mol. The zero-order valence-electron chi connectivity index (χ0n) is 22.1. The molecule has 0 saturated carbocycles. The van der Waals surface area contributed by atoms with Gasteiger partial charge in [-0.05, 0) is 55.3 Å². The second-order valence-corrected chi connectivity index (χ2v) is 11.4. The SMILES string of the molecule is Cc1ccc(C2CN(c3ncnc4sc(CC(F)(F)F)cc34)CC2NC(=O)c2ccc3[nH]c(C#N)cc3c2C)cn1. The Kier molecular flexibility index (Phi) is 6.62. The van der Waals surface area contributed by atoms with E-state index in [2.05, 4.69) is 31.3 Å². The first-order chi connectivity index (χ1) is 19.6. The maximum Gasteiger partial charge on any atom is 0.393 e. The van der Waals surface area contributed by atoms with Crippen LogP contribution in [0.25, 0.3) is 21.1 Å². The van der Waals surface area contributed by atoms with Crippen molar-refractivity contribution in [2.75, 3.05) is 18.0 Å². The number of aryl methyl sites for hydroxylation is 2. The molecule has 1 aliphatic heterocycles. The molecule has 1 saturated heterocycles. The number of thiophene rings is 1. The molecule has 0 radical (unpaired) electrons. The van der Waals surface area contributed by atoms with Gasteiger partial charge in [-0.3, -0.25) is 9.78 Å². The summed E-state index contributed by atoms with van der Waals surface area (Å²) in [4.78, 5) is 32.4. The molecule has 0 spiro atoms. The lowest BCUT2D eigenvalue weighted by molar-refractivity contribution is -0.126. The first-order valence-corrected chi connectivity index (χ1v) is 13.7. The summed E-state index contributed by atoms with van der Waals surface area (Å²) in [5.74, 6) is 0.138. The van der Waals surface area contributed by atoms with Crippen LogP contribution in [0.3, 0.4) is 0 Å². The Balaban J connectivity index is 1.33. The number of rotatable bonds is 5. The summed E-state index contributed by atoms with van der Waals surface area (Å²) >= 11 is 1.01. The van der Waals surface area contributed by atoms with Crippen LogP contribution in [0.1, 0.15) is 43.7 Å². The minimum Gasteiger partial charge on any atom is -0.353 e. The average molecular weight is 576 g/mol. The number of anilines is 1. The fourth-order valence-electron chi connectivity index (χ4n) is 5.49. The average Bonchev–Trinajstić information content (AvgIpc) is 3.64. The molecular formula is C29H24F3N7OS. The molecule has 1 aliphatic rings. The highest BCUT2D eigenvalue weighted by Gasteiger charge is 2.37.